The monoisotopic (exact) mass is 566 g/mol. The molecule has 2 aromatic rings. The SMILES string of the molecule is COC(=O)C1C(CF)=NC(CSc2ncn[nH]2)=C(C(=O)OC(C)C)C1c1c(F)ccc(Cl)c1C(F)(F)F. The van der Waals surface area contributed by atoms with Crippen molar-refractivity contribution in [3.63, 3.8) is 0 Å². The maximum absolute atomic E-state index is 15.3. The fraction of sp³-hybridized carbons (Fsp3) is 0.409. The van der Waals surface area contributed by atoms with Gasteiger partial charge >= 0.3 is 18.1 Å². The van der Waals surface area contributed by atoms with E-state index in [-0.39, 0.29) is 16.6 Å². The number of aromatic amines is 1. The van der Waals surface area contributed by atoms with Crippen molar-refractivity contribution in [3.05, 3.63) is 51.7 Å². The van der Waals surface area contributed by atoms with Crippen molar-refractivity contribution in [3.8, 4) is 0 Å². The van der Waals surface area contributed by atoms with Crippen LogP contribution in [0.25, 0.3) is 0 Å². The van der Waals surface area contributed by atoms with Gasteiger partial charge in [-0.15, -0.1) is 0 Å². The molecule has 200 valence electrons. The highest BCUT2D eigenvalue weighted by molar-refractivity contribution is 7.99. The highest BCUT2D eigenvalue weighted by Gasteiger charge is 2.50. The fourth-order valence-corrected chi connectivity index (χ4v) is 4.86. The van der Waals surface area contributed by atoms with Crippen LogP contribution in [0.4, 0.5) is 22.0 Å². The number of rotatable bonds is 8. The van der Waals surface area contributed by atoms with E-state index in [2.05, 4.69) is 20.2 Å². The summed E-state index contributed by atoms with van der Waals surface area (Å²) in [5.74, 6) is -8.01. The average Bonchev–Trinajstić information content (AvgIpc) is 3.34. The van der Waals surface area contributed by atoms with Crippen LogP contribution in [0.15, 0.2) is 39.9 Å². The summed E-state index contributed by atoms with van der Waals surface area (Å²) in [6, 6.07) is 1.36. The second kappa shape index (κ2) is 11.6. The molecular formula is C22H20ClF5N4O4S. The minimum absolute atomic E-state index is 0.239. The lowest BCUT2D eigenvalue weighted by Crippen LogP contribution is -2.40. The zero-order chi connectivity index (χ0) is 27.5. The smallest absolute Gasteiger partial charge is 0.418 e. The van der Waals surface area contributed by atoms with Crippen molar-refractivity contribution in [2.75, 3.05) is 19.5 Å². The van der Waals surface area contributed by atoms with E-state index >= 15 is 4.39 Å². The van der Waals surface area contributed by atoms with Gasteiger partial charge in [0.15, 0.2) is 5.16 Å². The van der Waals surface area contributed by atoms with Gasteiger partial charge in [-0.25, -0.2) is 18.6 Å². The Bertz CT molecular complexity index is 1230. The van der Waals surface area contributed by atoms with Crippen LogP contribution in [0.3, 0.4) is 0 Å². The molecule has 1 aliphatic heterocycles. The number of thioether (sulfide) groups is 1. The second-order valence-electron chi connectivity index (χ2n) is 7.92. The van der Waals surface area contributed by atoms with Crippen LogP contribution < -0.4 is 0 Å². The molecule has 2 heterocycles. The fourth-order valence-electron chi connectivity index (χ4n) is 3.86. The number of hydrogen-bond donors (Lipinski definition) is 1. The van der Waals surface area contributed by atoms with Crippen LogP contribution in [0.1, 0.15) is 30.9 Å². The molecule has 15 heteroatoms. The predicted octanol–water partition coefficient (Wildman–Crippen LogP) is 4.91. The Morgan fingerprint density at radius 2 is 1.97 bits per heavy atom. The topological polar surface area (TPSA) is 107 Å². The summed E-state index contributed by atoms with van der Waals surface area (Å²) < 4.78 is 82.0. The molecule has 0 bridgehead atoms. The number of benzene rings is 1. The minimum atomic E-state index is -5.21. The first-order valence-corrected chi connectivity index (χ1v) is 12.0. The molecule has 0 radical (unpaired) electrons. The number of ether oxygens (including phenoxy) is 2. The lowest BCUT2D eigenvalue weighted by atomic mass is 9.73. The van der Waals surface area contributed by atoms with Crippen molar-refractivity contribution in [1.29, 1.82) is 0 Å². The maximum Gasteiger partial charge on any atom is 0.418 e. The average molecular weight is 567 g/mol. The number of aromatic nitrogens is 3. The molecule has 2 unspecified atom stereocenters. The van der Waals surface area contributed by atoms with Crippen molar-refractivity contribution in [2.45, 2.75) is 37.2 Å². The van der Waals surface area contributed by atoms with Crippen molar-refractivity contribution in [2.24, 2.45) is 10.9 Å². The van der Waals surface area contributed by atoms with Gasteiger partial charge in [0.05, 0.1) is 40.8 Å². The Morgan fingerprint density at radius 3 is 2.51 bits per heavy atom. The quantitative estimate of drug-likeness (QED) is 0.275. The van der Waals surface area contributed by atoms with Crippen LogP contribution in [-0.4, -0.2) is 58.5 Å². The normalized spacial score (nSPS) is 18.2. The van der Waals surface area contributed by atoms with Gasteiger partial charge < -0.3 is 9.47 Å². The van der Waals surface area contributed by atoms with E-state index in [0.717, 1.165) is 18.9 Å². The molecule has 1 aromatic carbocycles. The number of H-pyrrole nitrogens is 1. The number of nitrogens with zero attached hydrogens (tertiary/aromatic N) is 3. The van der Waals surface area contributed by atoms with Gasteiger partial charge in [0, 0.05) is 17.2 Å². The number of carbonyl (C=O) groups is 2. The van der Waals surface area contributed by atoms with Crippen LogP contribution in [0, 0.1) is 11.7 Å². The molecule has 0 fully saturated rings. The molecule has 3 rings (SSSR count). The van der Waals surface area contributed by atoms with Gasteiger partial charge in [0.1, 0.15) is 24.7 Å². The molecular weight excluding hydrogens is 547 g/mol. The molecule has 1 aliphatic rings. The van der Waals surface area contributed by atoms with E-state index in [0.29, 0.717) is 12.1 Å². The molecule has 2 atom stereocenters. The van der Waals surface area contributed by atoms with Gasteiger partial charge in [0.2, 0.25) is 0 Å². The lowest BCUT2D eigenvalue weighted by molar-refractivity contribution is -0.146. The number of aliphatic imine (C=N–C) groups is 1. The number of halogens is 6. The Hall–Kier alpha value is -3.00. The predicted molar refractivity (Wildman–Crippen MR) is 123 cm³/mol. The van der Waals surface area contributed by atoms with E-state index < -0.39 is 76.0 Å². The van der Waals surface area contributed by atoms with Crippen LogP contribution in [-0.2, 0) is 25.2 Å². The highest BCUT2D eigenvalue weighted by atomic mass is 35.5. The van der Waals surface area contributed by atoms with Crippen LogP contribution in [0.2, 0.25) is 5.02 Å². The summed E-state index contributed by atoms with van der Waals surface area (Å²) in [5.41, 5.74) is -4.12. The standard InChI is InChI=1S/C22H20ClF5N4O4S/c1-9(2)36-20(34)16-13(7-37-21-29-8-30-32-21)31-12(6-24)15(19(33)35-3)17(16)14-11(25)5-4-10(23)18(14)22(26,27)28/h4-5,8-9,15,17H,6-7H2,1-3H3,(H,29,30,32). The van der Waals surface area contributed by atoms with Crippen LogP contribution in [0.5, 0.6) is 0 Å². The van der Waals surface area contributed by atoms with E-state index in [1.54, 1.807) is 0 Å². The van der Waals surface area contributed by atoms with E-state index in [4.69, 9.17) is 21.1 Å². The van der Waals surface area contributed by atoms with Gasteiger partial charge in [0.25, 0.3) is 0 Å². The third-order valence-electron chi connectivity index (χ3n) is 5.22. The Balaban J connectivity index is 2.38. The molecule has 0 amide bonds. The molecule has 1 N–H and O–H groups in total. The molecule has 0 spiro atoms. The summed E-state index contributed by atoms with van der Waals surface area (Å²) in [7, 11) is 0.916. The van der Waals surface area contributed by atoms with Crippen molar-refractivity contribution >= 4 is 41.0 Å². The van der Waals surface area contributed by atoms with Gasteiger partial charge in [-0.3, -0.25) is 14.9 Å². The van der Waals surface area contributed by atoms with E-state index in [9.17, 15) is 27.2 Å². The number of hydrogen-bond acceptors (Lipinski definition) is 8. The second-order valence-corrected chi connectivity index (χ2v) is 9.30. The largest absolute Gasteiger partial charge is 0.468 e. The van der Waals surface area contributed by atoms with Gasteiger partial charge in [-0.2, -0.15) is 18.3 Å². The highest BCUT2D eigenvalue weighted by Crippen LogP contribution is 2.48. The Kier molecular flexibility index (Phi) is 8.95. The summed E-state index contributed by atoms with van der Waals surface area (Å²) in [5, 5.41) is 5.58. The molecule has 37 heavy (non-hydrogen) atoms. The number of carbonyl (C=O) groups excluding carboxylic acids is 2. The molecule has 0 aliphatic carbocycles. The first-order chi connectivity index (χ1) is 17.4. The molecule has 0 saturated carbocycles. The van der Waals surface area contributed by atoms with E-state index in [1.165, 1.54) is 20.2 Å². The summed E-state index contributed by atoms with van der Waals surface area (Å²) in [6.07, 6.45) is -4.77. The van der Waals surface area contributed by atoms with Gasteiger partial charge in [-0.05, 0) is 26.0 Å². The van der Waals surface area contributed by atoms with Gasteiger partial charge in [-0.1, -0.05) is 23.4 Å². The summed E-state index contributed by atoms with van der Waals surface area (Å²) in [4.78, 5) is 34.1. The summed E-state index contributed by atoms with van der Waals surface area (Å²) in [6.45, 7) is 1.56. The zero-order valence-electron chi connectivity index (χ0n) is 19.5. The molecule has 1 aromatic heterocycles. The Morgan fingerprint density at radius 1 is 1.27 bits per heavy atom. The maximum atomic E-state index is 15.3. The first kappa shape index (κ1) is 28.6. The number of esters is 2. The molecule has 0 saturated heterocycles. The third-order valence-corrected chi connectivity index (χ3v) is 6.42. The number of nitrogens with one attached hydrogen (secondary N) is 1. The van der Waals surface area contributed by atoms with E-state index in [1.807, 2.05) is 0 Å². The first-order valence-electron chi connectivity index (χ1n) is 10.6. The van der Waals surface area contributed by atoms with Crippen LogP contribution >= 0.6 is 23.4 Å². The lowest BCUT2D eigenvalue weighted by Gasteiger charge is -2.34. The van der Waals surface area contributed by atoms with Crippen molar-refractivity contribution in [1.82, 2.24) is 15.2 Å². The zero-order valence-corrected chi connectivity index (χ0v) is 21.1. The van der Waals surface area contributed by atoms with Crippen molar-refractivity contribution < 1.29 is 41.0 Å². The Labute approximate surface area is 216 Å². The summed E-state index contributed by atoms with van der Waals surface area (Å²) >= 11 is 6.78. The third kappa shape index (κ3) is 6.12. The number of alkyl halides is 4. The minimum Gasteiger partial charge on any atom is -0.468 e. The molecule has 8 nitrogen and oxygen atoms in total. The number of methoxy groups -OCH3 is 1.